The van der Waals surface area contributed by atoms with Crippen LogP contribution >= 0.6 is 7.60 Å². The Bertz CT molecular complexity index is 276. The van der Waals surface area contributed by atoms with Crippen LogP contribution < -0.4 is 0 Å². The van der Waals surface area contributed by atoms with Crippen molar-refractivity contribution in [2.45, 2.75) is 52.4 Å². The molecule has 0 aromatic carbocycles. The van der Waals surface area contributed by atoms with Gasteiger partial charge >= 0.3 is 13.6 Å². The molecule has 0 amide bonds. The average Bonchev–Trinajstić information content (AvgIpc) is 2.20. The van der Waals surface area contributed by atoms with Gasteiger partial charge in [0.1, 0.15) is 0 Å². The van der Waals surface area contributed by atoms with Crippen LogP contribution in [0.1, 0.15) is 52.4 Å². The van der Waals surface area contributed by atoms with E-state index < -0.39 is 25.1 Å². The van der Waals surface area contributed by atoms with E-state index in [1.165, 1.54) is 0 Å². The normalized spacial score (nSPS) is 12.7. The predicted molar refractivity (Wildman–Crippen MR) is 66.0 cm³/mol. The van der Waals surface area contributed by atoms with Crippen molar-refractivity contribution in [3.05, 3.63) is 0 Å². The monoisotopic (exact) mass is 266 g/mol. The minimum Gasteiger partial charge on any atom is -0.481 e. The summed E-state index contributed by atoms with van der Waals surface area (Å²) in [7, 11) is -4.30. The zero-order valence-electron chi connectivity index (χ0n) is 10.6. The summed E-state index contributed by atoms with van der Waals surface area (Å²) in [6.45, 7) is 3.87. The first-order chi connectivity index (χ1) is 7.77. The molecule has 5 nitrogen and oxygen atoms in total. The van der Waals surface area contributed by atoms with E-state index in [1.807, 2.05) is 13.8 Å². The van der Waals surface area contributed by atoms with Crippen molar-refractivity contribution in [3.63, 3.8) is 0 Å². The summed E-state index contributed by atoms with van der Waals surface area (Å²) >= 11 is 0. The van der Waals surface area contributed by atoms with Crippen LogP contribution in [0, 0.1) is 5.41 Å². The third kappa shape index (κ3) is 6.20. The number of carbonyl (C=O) groups is 1. The van der Waals surface area contributed by atoms with Crippen LogP contribution in [-0.2, 0) is 9.36 Å². The zero-order valence-corrected chi connectivity index (χ0v) is 11.4. The van der Waals surface area contributed by atoms with Gasteiger partial charge in [0.05, 0.1) is 11.6 Å². The maximum Gasteiger partial charge on any atom is 0.326 e. The maximum atomic E-state index is 11.4. The third-order valence-corrected chi connectivity index (χ3v) is 4.00. The quantitative estimate of drug-likeness (QED) is 0.557. The Kier molecular flexibility index (Phi) is 6.98. The molecule has 0 spiro atoms. The van der Waals surface area contributed by atoms with Gasteiger partial charge in [0.25, 0.3) is 0 Å². The number of hydrogen-bond donors (Lipinski definition) is 3. The number of carboxylic acid groups (broad SMARTS) is 1. The summed E-state index contributed by atoms with van der Waals surface area (Å²) in [6, 6.07) is 0. The fourth-order valence-electron chi connectivity index (χ4n) is 1.99. The molecule has 0 aromatic heterocycles. The molecule has 0 aliphatic carbocycles. The predicted octanol–water partition coefficient (Wildman–Crippen LogP) is 2.62. The van der Waals surface area contributed by atoms with E-state index in [4.69, 9.17) is 9.79 Å². The lowest BCUT2D eigenvalue weighted by atomic mass is 9.80. The number of hydrogen-bond acceptors (Lipinski definition) is 2. The lowest BCUT2D eigenvalue weighted by Gasteiger charge is -2.29. The molecule has 0 radical (unpaired) electrons. The summed E-state index contributed by atoms with van der Waals surface area (Å²) in [6.07, 6.45) is 3.12. The molecule has 0 heterocycles. The van der Waals surface area contributed by atoms with Gasteiger partial charge in [-0.2, -0.15) is 0 Å². The van der Waals surface area contributed by atoms with Crippen molar-refractivity contribution in [1.29, 1.82) is 0 Å². The lowest BCUT2D eigenvalue weighted by Crippen LogP contribution is -2.35. The molecule has 0 aromatic rings. The highest BCUT2D eigenvalue weighted by Gasteiger charge is 2.42. The van der Waals surface area contributed by atoms with Crippen molar-refractivity contribution in [2.24, 2.45) is 5.41 Å². The van der Waals surface area contributed by atoms with Crippen LogP contribution in [0.4, 0.5) is 0 Å². The standard InChI is InChI=1S/C11H23O5P/c1-3-5-7-11(10(12)13,8-6-4-2)9-17(14,15)16/h3-9H2,1-2H3,(H,12,13)(H2,14,15,16). The summed E-state index contributed by atoms with van der Waals surface area (Å²) < 4.78 is 11.1. The molecular weight excluding hydrogens is 243 g/mol. The first kappa shape index (κ1) is 16.6. The van der Waals surface area contributed by atoms with Gasteiger partial charge < -0.3 is 14.9 Å². The summed E-state index contributed by atoms with van der Waals surface area (Å²) in [5, 5.41) is 9.30. The molecule has 0 atom stereocenters. The minimum absolute atomic E-state index is 0.337. The van der Waals surface area contributed by atoms with Crippen molar-refractivity contribution >= 4 is 13.6 Å². The van der Waals surface area contributed by atoms with Gasteiger partial charge in [0.15, 0.2) is 0 Å². The molecule has 0 unspecified atom stereocenters. The van der Waals surface area contributed by atoms with Gasteiger partial charge in [-0.15, -0.1) is 0 Å². The second kappa shape index (κ2) is 7.14. The van der Waals surface area contributed by atoms with Gasteiger partial charge in [-0.25, -0.2) is 0 Å². The molecule has 0 aliphatic heterocycles. The Hall–Kier alpha value is -0.380. The van der Waals surface area contributed by atoms with Crippen molar-refractivity contribution in [2.75, 3.05) is 6.16 Å². The largest absolute Gasteiger partial charge is 0.481 e. The second-order valence-electron chi connectivity index (χ2n) is 4.62. The maximum absolute atomic E-state index is 11.4. The molecule has 0 bridgehead atoms. The smallest absolute Gasteiger partial charge is 0.326 e. The fourth-order valence-corrected chi connectivity index (χ4v) is 3.23. The highest BCUT2D eigenvalue weighted by Crippen LogP contribution is 2.46. The molecule has 17 heavy (non-hydrogen) atoms. The van der Waals surface area contributed by atoms with Gasteiger partial charge in [-0.1, -0.05) is 39.5 Å². The Morgan fingerprint density at radius 3 is 1.76 bits per heavy atom. The molecular formula is C11H23O5P. The molecule has 102 valence electrons. The van der Waals surface area contributed by atoms with E-state index in [0.29, 0.717) is 25.7 Å². The van der Waals surface area contributed by atoms with E-state index in [1.54, 1.807) is 0 Å². The first-order valence-electron chi connectivity index (χ1n) is 6.05. The fraction of sp³-hybridized carbons (Fsp3) is 0.909. The Morgan fingerprint density at radius 2 is 1.53 bits per heavy atom. The van der Waals surface area contributed by atoms with E-state index in [9.17, 15) is 14.5 Å². The van der Waals surface area contributed by atoms with Gasteiger partial charge in [0, 0.05) is 0 Å². The Labute approximate surface area is 102 Å². The topological polar surface area (TPSA) is 94.8 Å². The first-order valence-corrected chi connectivity index (χ1v) is 7.85. The Balaban J connectivity index is 4.94. The SMILES string of the molecule is CCCCC(CCCC)(CP(=O)(O)O)C(=O)O. The summed E-state index contributed by atoms with van der Waals surface area (Å²) in [5.74, 6) is -1.08. The van der Waals surface area contributed by atoms with Gasteiger partial charge in [-0.3, -0.25) is 9.36 Å². The third-order valence-electron chi connectivity index (χ3n) is 2.98. The van der Waals surface area contributed by atoms with Crippen molar-refractivity contribution in [1.82, 2.24) is 0 Å². The van der Waals surface area contributed by atoms with Crippen LogP contribution in [0.15, 0.2) is 0 Å². The molecule has 3 N–H and O–H groups in total. The average molecular weight is 266 g/mol. The second-order valence-corrected chi connectivity index (χ2v) is 6.26. The van der Waals surface area contributed by atoms with Crippen molar-refractivity contribution in [3.8, 4) is 0 Å². The Morgan fingerprint density at radius 1 is 1.12 bits per heavy atom. The van der Waals surface area contributed by atoms with Crippen LogP contribution in [0.5, 0.6) is 0 Å². The minimum atomic E-state index is -4.30. The molecule has 0 saturated carbocycles. The van der Waals surface area contributed by atoms with E-state index >= 15 is 0 Å². The number of unbranched alkanes of at least 4 members (excludes halogenated alkanes) is 2. The van der Waals surface area contributed by atoms with Crippen LogP contribution in [-0.4, -0.2) is 27.0 Å². The van der Waals surface area contributed by atoms with Crippen LogP contribution in [0.2, 0.25) is 0 Å². The van der Waals surface area contributed by atoms with E-state index in [2.05, 4.69) is 0 Å². The number of aliphatic carboxylic acids is 1. The van der Waals surface area contributed by atoms with Crippen molar-refractivity contribution < 1.29 is 24.3 Å². The molecule has 6 heteroatoms. The summed E-state index contributed by atoms with van der Waals surface area (Å²) in [5.41, 5.74) is -1.26. The van der Waals surface area contributed by atoms with Crippen LogP contribution in [0.3, 0.4) is 0 Å². The molecule has 0 rings (SSSR count). The molecule has 0 fully saturated rings. The summed E-state index contributed by atoms with van der Waals surface area (Å²) in [4.78, 5) is 29.5. The lowest BCUT2D eigenvalue weighted by molar-refractivity contribution is -0.148. The molecule has 0 saturated heterocycles. The van der Waals surface area contributed by atoms with E-state index in [0.717, 1.165) is 12.8 Å². The number of rotatable bonds is 9. The highest BCUT2D eigenvalue weighted by molar-refractivity contribution is 7.51. The number of carboxylic acids is 1. The van der Waals surface area contributed by atoms with E-state index in [-0.39, 0.29) is 0 Å². The van der Waals surface area contributed by atoms with Crippen LogP contribution in [0.25, 0.3) is 0 Å². The highest BCUT2D eigenvalue weighted by atomic mass is 31.2. The zero-order chi connectivity index (χ0) is 13.5. The molecule has 0 aliphatic rings. The van der Waals surface area contributed by atoms with Gasteiger partial charge in [-0.05, 0) is 12.8 Å². The van der Waals surface area contributed by atoms with Gasteiger partial charge in [0.2, 0.25) is 0 Å².